The highest BCUT2D eigenvalue weighted by atomic mass is 19.1. The van der Waals surface area contributed by atoms with Gasteiger partial charge in [-0.1, -0.05) is 18.2 Å². The topological polar surface area (TPSA) is 90.0 Å². The summed E-state index contributed by atoms with van der Waals surface area (Å²) in [7, 11) is 0. The quantitative estimate of drug-likeness (QED) is 0.646. The second kappa shape index (κ2) is 8.30. The van der Waals surface area contributed by atoms with Crippen molar-refractivity contribution >= 4 is 17.9 Å². The van der Waals surface area contributed by atoms with Gasteiger partial charge in [-0.15, -0.1) is 0 Å². The molecule has 0 aliphatic heterocycles. The number of primary amides is 1. The third-order valence-corrected chi connectivity index (χ3v) is 4.08. The second-order valence-corrected chi connectivity index (χ2v) is 6.19. The number of benzene rings is 2. The van der Waals surface area contributed by atoms with Crippen LogP contribution in [0.25, 0.3) is 23.0 Å². The fraction of sp³-hybridized carbons (Fsp3) is 0.0952. The van der Waals surface area contributed by atoms with Crippen molar-refractivity contribution in [3.8, 4) is 16.9 Å². The Morgan fingerprint density at radius 2 is 1.82 bits per heavy atom. The molecule has 0 fully saturated rings. The molecule has 1 aromatic heterocycles. The van der Waals surface area contributed by atoms with Gasteiger partial charge in [0.05, 0.1) is 11.4 Å². The summed E-state index contributed by atoms with van der Waals surface area (Å²) in [5.74, 6) is -1.42. The van der Waals surface area contributed by atoms with Gasteiger partial charge in [0.1, 0.15) is 11.9 Å². The van der Waals surface area contributed by atoms with Gasteiger partial charge in [0, 0.05) is 23.4 Å². The maximum absolute atomic E-state index is 13.3. The summed E-state index contributed by atoms with van der Waals surface area (Å²) in [5, 5.41) is 7.06. The van der Waals surface area contributed by atoms with Crippen LogP contribution < -0.4 is 11.1 Å². The van der Waals surface area contributed by atoms with Gasteiger partial charge in [0.15, 0.2) is 0 Å². The number of nitrogens with zero attached hydrogens (tertiary/aromatic N) is 2. The zero-order valence-electron chi connectivity index (χ0n) is 15.2. The Bertz CT molecular complexity index is 1010. The first-order chi connectivity index (χ1) is 13.4. The largest absolute Gasteiger partial charge is 0.368 e. The normalized spacial score (nSPS) is 12.1. The number of rotatable bonds is 6. The summed E-state index contributed by atoms with van der Waals surface area (Å²) in [6.07, 6.45) is 4.67. The van der Waals surface area contributed by atoms with Crippen molar-refractivity contribution < 1.29 is 14.0 Å². The molecule has 1 atom stereocenters. The average molecular weight is 378 g/mol. The molecule has 2 aromatic carbocycles. The number of aromatic nitrogens is 2. The predicted octanol–water partition coefficient (Wildman–Crippen LogP) is 2.68. The van der Waals surface area contributed by atoms with E-state index in [0.29, 0.717) is 16.8 Å². The fourth-order valence-corrected chi connectivity index (χ4v) is 2.55. The van der Waals surface area contributed by atoms with Crippen LogP contribution in [0.5, 0.6) is 0 Å². The minimum Gasteiger partial charge on any atom is -0.368 e. The zero-order valence-corrected chi connectivity index (χ0v) is 15.2. The van der Waals surface area contributed by atoms with E-state index in [2.05, 4.69) is 10.4 Å². The number of halogens is 1. The molecule has 6 nitrogen and oxygen atoms in total. The number of para-hydroxylation sites is 1. The van der Waals surface area contributed by atoms with Crippen molar-refractivity contribution in [3.63, 3.8) is 0 Å². The van der Waals surface area contributed by atoms with Crippen LogP contribution >= 0.6 is 0 Å². The van der Waals surface area contributed by atoms with Gasteiger partial charge in [-0.05, 0) is 49.4 Å². The van der Waals surface area contributed by atoms with Gasteiger partial charge in [0.25, 0.3) is 0 Å². The molecule has 142 valence electrons. The Balaban J connectivity index is 1.95. The molecule has 3 aromatic rings. The van der Waals surface area contributed by atoms with E-state index >= 15 is 0 Å². The van der Waals surface area contributed by atoms with Crippen LogP contribution in [0.1, 0.15) is 12.5 Å². The highest BCUT2D eigenvalue weighted by molar-refractivity contribution is 5.95. The fourth-order valence-electron chi connectivity index (χ4n) is 2.55. The number of carbonyl (C=O) groups excluding carboxylic acids is 2. The molecule has 28 heavy (non-hydrogen) atoms. The van der Waals surface area contributed by atoms with Crippen LogP contribution in [-0.2, 0) is 9.59 Å². The predicted molar refractivity (Wildman–Crippen MR) is 105 cm³/mol. The number of amides is 2. The molecule has 1 heterocycles. The van der Waals surface area contributed by atoms with Crippen LogP contribution in [0.2, 0.25) is 0 Å². The van der Waals surface area contributed by atoms with E-state index in [-0.39, 0.29) is 5.82 Å². The third kappa shape index (κ3) is 4.50. The summed E-state index contributed by atoms with van der Waals surface area (Å²) < 4.78 is 15.0. The number of hydrogen-bond acceptors (Lipinski definition) is 3. The van der Waals surface area contributed by atoms with Crippen molar-refractivity contribution in [1.82, 2.24) is 15.1 Å². The lowest BCUT2D eigenvalue weighted by Crippen LogP contribution is -2.41. The maximum Gasteiger partial charge on any atom is 0.244 e. The smallest absolute Gasteiger partial charge is 0.244 e. The summed E-state index contributed by atoms with van der Waals surface area (Å²) in [4.78, 5) is 23.1. The lowest BCUT2D eigenvalue weighted by Gasteiger charge is -2.07. The summed E-state index contributed by atoms with van der Waals surface area (Å²) >= 11 is 0. The van der Waals surface area contributed by atoms with Gasteiger partial charge >= 0.3 is 0 Å². The first-order valence-electron chi connectivity index (χ1n) is 8.63. The van der Waals surface area contributed by atoms with Crippen molar-refractivity contribution in [2.45, 2.75) is 13.0 Å². The Kier molecular flexibility index (Phi) is 5.64. The molecule has 0 saturated heterocycles. The minimum absolute atomic E-state index is 0.344. The van der Waals surface area contributed by atoms with Gasteiger partial charge in [-0.2, -0.15) is 5.10 Å². The van der Waals surface area contributed by atoms with Crippen LogP contribution in [-0.4, -0.2) is 27.6 Å². The molecule has 0 radical (unpaired) electrons. The van der Waals surface area contributed by atoms with Gasteiger partial charge in [-0.25, -0.2) is 9.07 Å². The lowest BCUT2D eigenvalue weighted by molar-refractivity contribution is -0.124. The van der Waals surface area contributed by atoms with E-state index < -0.39 is 17.9 Å². The van der Waals surface area contributed by atoms with Gasteiger partial charge in [-0.3, -0.25) is 9.59 Å². The van der Waals surface area contributed by atoms with E-state index in [1.54, 1.807) is 29.1 Å². The maximum atomic E-state index is 13.3. The molecule has 0 saturated carbocycles. The molecule has 3 N–H and O–H groups in total. The molecule has 7 heteroatoms. The third-order valence-electron chi connectivity index (χ3n) is 4.08. The summed E-state index contributed by atoms with van der Waals surface area (Å²) in [6.45, 7) is 1.51. The van der Waals surface area contributed by atoms with Crippen molar-refractivity contribution in [1.29, 1.82) is 0 Å². The summed E-state index contributed by atoms with van der Waals surface area (Å²) in [5.41, 5.74) is 7.96. The molecular weight excluding hydrogens is 359 g/mol. The number of carbonyl (C=O) groups is 2. The second-order valence-electron chi connectivity index (χ2n) is 6.19. The van der Waals surface area contributed by atoms with Crippen molar-refractivity contribution in [3.05, 3.63) is 78.3 Å². The summed E-state index contributed by atoms with van der Waals surface area (Å²) in [6, 6.07) is 14.7. The molecule has 0 aliphatic carbocycles. The van der Waals surface area contributed by atoms with E-state index in [9.17, 15) is 14.0 Å². The molecule has 3 rings (SSSR count). The van der Waals surface area contributed by atoms with E-state index in [4.69, 9.17) is 5.73 Å². The Hall–Kier alpha value is -3.74. The van der Waals surface area contributed by atoms with Crippen LogP contribution in [0, 0.1) is 5.82 Å². The Morgan fingerprint density at radius 3 is 2.46 bits per heavy atom. The van der Waals surface area contributed by atoms with E-state index in [1.807, 2.05) is 30.3 Å². The Morgan fingerprint density at radius 1 is 1.14 bits per heavy atom. The number of nitrogens with two attached hydrogens (primary N) is 1. The molecule has 0 bridgehead atoms. The number of nitrogens with one attached hydrogen (secondary N) is 1. The molecule has 1 unspecified atom stereocenters. The SMILES string of the molecule is CC(NC(=O)/C=C/c1cn(-c2ccccc2)nc1-c1ccc(F)cc1)C(N)=O. The van der Waals surface area contributed by atoms with Crippen LogP contribution in [0.15, 0.2) is 66.9 Å². The standard InChI is InChI=1S/C21H19FN4O2/c1-14(21(23)28)24-19(27)12-9-16-13-26(18-5-3-2-4-6-18)25-20(16)15-7-10-17(22)11-8-15/h2-14H,1H3,(H2,23,28)(H,24,27)/b12-9+. The van der Waals surface area contributed by atoms with Crippen molar-refractivity contribution in [2.75, 3.05) is 0 Å². The average Bonchev–Trinajstić information content (AvgIpc) is 3.12. The van der Waals surface area contributed by atoms with Crippen LogP contribution in [0.4, 0.5) is 4.39 Å². The monoisotopic (exact) mass is 378 g/mol. The molecular formula is C21H19FN4O2. The van der Waals surface area contributed by atoms with E-state index in [0.717, 1.165) is 5.69 Å². The molecule has 0 aliphatic rings. The number of hydrogen-bond donors (Lipinski definition) is 2. The highest BCUT2D eigenvalue weighted by Crippen LogP contribution is 2.25. The van der Waals surface area contributed by atoms with E-state index in [1.165, 1.54) is 25.1 Å². The lowest BCUT2D eigenvalue weighted by atomic mass is 10.1. The Labute approximate surface area is 161 Å². The highest BCUT2D eigenvalue weighted by Gasteiger charge is 2.13. The zero-order chi connectivity index (χ0) is 20.1. The van der Waals surface area contributed by atoms with Gasteiger partial charge < -0.3 is 11.1 Å². The first kappa shape index (κ1) is 19.0. The first-order valence-corrected chi connectivity index (χ1v) is 8.63. The minimum atomic E-state index is -0.777. The van der Waals surface area contributed by atoms with Crippen LogP contribution in [0.3, 0.4) is 0 Å². The molecule has 2 amide bonds. The van der Waals surface area contributed by atoms with Crippen molar-refractivity contribution in [2.24, 2.45) is 5.73 Å². The van der Waals surface area contributed by atoms with Gasteiger partial charge in [0.2, 0.25) is 11.8 Å². The molecule has 0 spiro atoms.